The van der Waals surface area contributed by atoms with Crippen LogP contribution in [0.2, 0.25) is 0 Å². The van der Waals surface area contributed by atoms with E-state index >= 15 is 0 Å². The van der Waals surface area contributed by atoms with Crippen LogP contribution in [0, 0.1) is 10.1 Å². The van der Waals surface area contributed by atoms with Gasteiger partial charge in [0.15, 0.2) is 0 Å². The van der Waals surface area contributed by atoms with Gasteiger partial charge in [-0.15, -0.1) is 0 Å². The summed E-state index contributed by atoms with van der Waals surface area (Å²) in [5.41, 5.74) is 1.55. The van der Waals surface area contributed by atoms with E-state index < -0.39 is 16.8 Å². The Morgan fingerprint density at radius 2 is 1.79 bits per heavy atom. The van der Waals surface area contributed by atoms with E-state index in [2.05, 4.69) is 5.32 Å². The number of non-ortho nitro benzene ring substituents is 1. The zero-order valence-corrected chi connectivity index (χ0v) is 16.8. The SMILES string of the molecule is CCCCOC(=O)c1ccc([N+](=O)[O-])cc1C(=O)NCc1ccc(N(C)C)cc1. The summed E-state index contributed by atoms with van der Waals surface area (Å²) in [7, 11) is 3.86. The monoisotopic (exact) mass is 399 g/mol. The van der Waals surface area contributed by atoms with Crippen molar-refractivity contribution in [2.75, 3.05) is 25.6 Å². The van der Waals surface area contributed by atoms with E-state index in [1.54, 1.807) is 0 Å². The summed E-state index contributed by atoms with van der Waals surface area (Å²) >= 11 is 0. The Kier molecular flexibility index (Phi) is 7.70. The molecule has 0 atom stereocenters. The molecule has 2 rings (SSSR count). The zero-order valence-electron chi connectivity index (χ0n) is 16.8. The number of ether oxygens (including phenoxy) is 1. The predicted molar refractivity (Wildman–Crippen MR) is 110 cm³/mol. The normalized spacial score (nSPS) is 10.3. The summed E-state index contributed by atoms with van der Waals surface area (Å²) < 4.78 is 5.16. The molecule has 0 aliphatic carbocycles. The van der Waals surface area contributed by atoms with Gasteiger partial charge in [0.05, 0.1) is 22.7 Å². The number of rotatable bonds is 9. The highest BCUT2D eigenvalue weighted by Gasteiger charge is 2.22. The molecule has 29 heavy (non-hydrogen) atoms. The molecule has 0 heterocycles. The van der Waals surface area contributed by atoms with Crippen LogP contribution in [0.5, 0.6) is 0 Å². The van der Waals surface area contributed by atoms with Crippen LogP contribution in [-0.4, -0.2) is 37.5 Å². The largest absolute Gasteiger partial charge is 0.462 e. The first-order chi connectivity index (χ1) is 13.8. The number of unbranched alkanes of at least 4 members (excludes halogenated alkanes) is 1. The molecule has 1 N–H and O–H groups in total. The van der Waals surface area contributed by atoms with Gasteiger partial charge in [-0.1, -0.05) is 25.5 Å². The smallest absolute Gasteiger partial charge is 0.338 e. The summed E-state index contributed by atoms with van der Waals surface area (Å²) in [6.07, 6.45) is 1.55. The van der Waals surface area contributed by atoms with Crippen LogP contribution in [0.15, 0.2) is 42.5 Å². The highest BCUT2D eigenvalue weighted by atomic mass is 16.6. The van der Waals surface area contributed by atoms with Crippen molar-refractivity contribution in [1.29, 1.82) is 0 Å². The lowest BCUT2D eigenvalue weighted by Crippen LogP contribution is -2.25. The van der Waals surface area contributed by atoms with Crippen molar-refractivity contribution in [3.05, 3.63) is 69.3 Å². The second-order valence-electron chi connectivity index (χ2n) is 6.72. The molecule has 0 bridgehead atoms. The van der Waals surface area contributed by atoms with Crippen molar-refractivity contribution in [3.8, 4) is 0 Å². The molecule has 1 amide bonds. The average Bonchev–Trinajstić information content (AvgIpc) is 2.71. The summed E-state index contributed by atoms with van der Waals surface area (Å²) in [6, 6.07) is 11.1. The number of nitro benzene ring substituents is 1. The van der Waals surface area contributed by atoms with E-state index in [0.29, 0.717) is 6.42 Å². The number of nitrogens with one attached hydrogen (secondary N) is 1. The summed E-state index contributed by atoms with van der Waals surface area (Å²) in [5.74, 6) is -1.25. The summed E-state index contributed by atoms with van der Waals surface area (Å²) in [5, 5.41) is 13.8. The number of hydrogen-bond acceptors (Lipinski definition) is 6. The highest BCUT2D eigenvalue weighted by Crippen LogP contribution is 2.20. The first kappa shape index (κ1) is 21.9. The lowest BCUT2D eigenvalue weighted by Gasteiger charge is -2.13. The number of carbonyl (C=O) groups excluding carboxylic acids is 2. The number of carbonyl (C=O) groups is 2. The third-order valence-electron chi connectivity index (χ3n) is 4.32. The average molecular weight is 399 g/mol. The van der Waals surface area contributed by atoms with Gasteiger partial charge < -0.3 is 15.0 Å². The van der Waals surface area contributed by atoms with E-state index in [0.717, 1.165) is 23.7 Å². The number of esters is 1. The molecule has 0 aliphatic rings. The fraction of sp³-hybridized carbons (Fsp3) is 0.333. The molecule has 0 saturated heterocycles. The molecule has 0 spiro atoms. The Morgan fingerprint density at radius 3 is 2.38 bits per heavy atom. The van der Waals surface area contributed by atoms with Crippen molar-refractivity contribution in [2.24, 2.45) is 0 Å². The van der Waals surface area contributed by atoms with E-state index in [-0.39, 0.29) is 30.0 Å². The first-order valence-corrected chi connectivity index (χ1v) is 9.33. The Hall–Kier alpha value is -3.42. The molecule has 8 nitrogen and oxygen atoms in total. The third-order valence-corrected chi connectivity index (χ3v) is 4.32. The van der Waals surface area contributed by atoms with Crippen LogP contribution in [0.1, 0.15) is 46.0 Å². The van der Waals surface area contributed by atoms with Crippen molar-refractivity contribution in [2.45, 2.75) is 26.3 Å². The third kappa shape index (κ3) is 6.03. The molecular weight excluding hydrogens is 374 g/mol. The molecule has 8 heteroatoms. The maximum atomic E-state index is 12.7. The molecular formula is C21H25N3O5. The van der Waals surface area contributed by atoms with E-state index in [4.69, 9.17) is 4.74 Å². The van der Waals surface area contributed by atoms with Crippen LogP contribution in [-0.2, 0) is 11.3 Å². The fourth-order valence-corrected chi connectivity index (χ4v) is 2.59. The maximum Gasteiger partial charge on any atom is 0.338 e. The van der Waals surface area contributed by atoms with Crippen molar-refractivity contribution < 1.29 is 19.2 Å². The molecule has 0 aromatic heterocycles. The number of benzene rings is 2. The van der Waals surface area contributed by atoms with Crippen LogP contribution in [0.25, 0.3) is 0 Å². The van der Waals surface area contributed by atoms with Crippen molar-refractivity contribution in [3.63, 3.8) is 0 Å². The van der Waals surface area contributed by atoms with Gasteiger partial charge in [0, 0.05) is 38.5 Å². The molecule has 2 aromatic rings. The standard InChI is InChI=1S/C21H25N3O5/c1-4-5-12-29-21(26)18-11-10-17(24(27)28)13-19(18)20(25)22-14-15-6-8-16(9-7-15)23(2)3/h6-11,13H,4-5,12,14H2,1-3H3,(H,22,25). The van der Waals surface area contributed by atoms with Crippen LogP contribution in [0.3, 0.4) is 0 Å². The predicted octanol–water partition coefficient (Wildman–Crippen LogP) is 3.55. The minimum Gasteiger partial charge on any atom is -0.462 e. The first-order valence-electron chi connectivity index (χ1n) is 9.33. The number of nitro groups is 1. The maximum absolute atomic E-state index is 12.7. The Morgan fingerprint density at radius 1 is 1.10 bits per heavy atom. The van der Waals surface area contributed by atoms with Gasteiger partial charge in [-0.25, -0.2) is 4.79 Å². The lowest BCUT2D eigenvalue weighted by molar-refractivity contribution is -0.384. The van der Waals surface area contributed by atoms with Crippen LogP contribution < -0.4 is 10.2 Å². The van der Waals surface area contributed by atoms with E-state index in [1.165, 1.54) is 12.1 Å². The Labute approximate surface area is 169 Å². The number of amides is 1. The molecule has 0 unspecified atom stereocenters. The molecule has 0 fully saturated rings. The molecule has 0 saturated carbocycles. The molecule has 0 aliphatic heterocycles. The van der Waals surface area contributed by atoms with Gasteiger partial charge in [0.1, 0.15) is 0 Å². The topological polar surface area (TPSA) is 102 Å². The fourth-order valence-electron chi connectivity index (χ4n) is 2.59. The van der Waals surface area contributed by atoms with E-state index in [1.807, 2.05) is 50.2 Å². The Bertz CT molecular complexity index is 878. The Balaban J connectivity index is 2.18. The van der Waals surface area contributed by atoms with Crippen LogP contribution in [0.4, 0.5) is 11.4 Å². The molecule has 2 aromatic carbocycles. The highest BCUT2D eigenvalue weighted by molar-refractivity contribution is 6.05. The van der Waals surface area contributed by atoms with Gasteiger partial charge in [-0.05, 0) is 30.2 Å². The van der Waals surface area contributed by atoms with Gasteiger partial charge in [-0.3, -0.25) is 14.9 Å². The lowest BCUT2D eigenvalue weighted by atomic mass is 10.1. The minimum atomic E-state index is -0.672. The second-order valence-corrected chi connectivity index (χ2v) is 6.72. The van der Waals surface area contributed by atoms with Gasteiger partial charge >= 0.3 is 5.97 Å². The van der Waals surface area contributed by atoms with Gasteiger partial charge in [-0.2, -0.15) is 0 Å². The number of anilines is 1. The van der Waals surface area contributed by atoms with Crippen LogP contribution >= 0.6 is 0 Å². The number of hydrogen-bond donors (Lipinski definition) is 1. The van der Waals surface area contributed by atoms with Gasteiger partial charge in [0.2, 0.25) is 0 Å². The zero-order chi connectivity index (χ0) is 21.4. The summed E-state index contributed by atoms with van der Waals surface area (Å²) in [6.45, 7) is 2.41. The quantitative estimate of drug-likeness (QED) is 0.299. The summed E-state index contributed by atoms with van der Waals surface area (Å²) in [4.78, 5) is 37.4. The van der Waals surface area contributed by atoms with Crippen molar-refractivity contribution in [1.82, 2.24) is 5.32 Å². The second kappa shape index (κ2) is 10.2. The molecule has 154 valence electrons. The number of nitrogens with zero attached hydrogens (tertiary/aromatic N) is 2. The molecule has 0 radical (unpaired) electrons. The van der Waals surface area contributed by atoms with Crippen molar-refractivity contribution >= 4 is 23.3 Å². The van der Waals surface area contributed by atoms with Gasteiger partial charge in [0.25, 0.3) is 11.6 Å². The minimum absolute atomic E-state index is 0.00663. The van der Waals surface area contributed by atoms with E-state index in [9.17, 15) is 19.7 Å².